The summed E-state index contributed by atoms with van der Waals surface area (Å²) in [6, 6.07) is 19.0. The van der Waals surface area contributed by atoms with Gasteiger partial charge in [0.2, 0.25) is 0 Å². The van der Waals surface area contributed by atoms with Crippen LogP contribution in [-0.2, 0) is 13.5 Å². The third-order valence-electron chi connectivity index (χ3n) is 5.00. The fourth-order valence-electron chi connectivity index (χ4n) is 3.39. The molecule has 2 aromatic carbocycles. The monoisotopic (exact) mass is 403 g/mol. The molecule has 1 amide bonds. The van der Waals surface area contributed by atoms with Gasteiger partial charge in [0.15, 0.2) is 5.69 Å². The van der Waals surface area contributed by atoms with Gasteiger partial charge in [-0.2, -0.15) is 5.10 Å². The summed E-state index contributed by atoms with van der Waals surface area (Å²) in [5, 5.41) is 10.4. The standard InChI is InChI=1S/C23H21N3O2S/c1-3-15-10-12-16(13-11-15)20(19-9-6-14-29-19)24-22(27)21-17-7-4-5-8-18(17)23(28)26(2)25-21/h4-14,20H,3H2,1-2H3,(H,24,27)/t20-/m0/s1. The van der Waals surface area contributed by atoms with Gasteiger partial charge in [-0.3, -0.25) is 9.59 Å². The van der Waals surface area contributed by atoms with Gasteiger partial charge < -0.3 is 5.32 Å². The second-order valence-corrected chi connectivity index (χ2v) is 7.82. The molecule has 0 spiro atoms. The average molecular weight is 404 g/mol. The van der Waals surface area contributed by atoms with E-state index in [0.29, 0.717) is 10.8 Å². The minimum atomic E-state index is -0.310. The summed E-state index contributed by atoms with van der Waals surface area (Å²) in [6.45, 7) is 2.12. The summed E-state index contributed by atoms with van der Waals surface area (Å²) in [6.07, 6.45) is 0.963. The lowest BCUT2D eigenvalue weighted by atomic mass is 10.0. The lowest BCUT2D eigenvalue weighted by Gasteiger charge is -2.19. The largest absolute Gasteiger partial charge is 0.339 e. The van der Waals surface area contributed by atoms with Gasteiger partial charge in [-0.25, -0.2) is 4.68 Å². The van der Waals surface area contributed by atoms with Crippen molar-refractivity contribution in [3.8, 4) is 0 Å². The molecule has 5 nitrogen and oxygen atoms in total. The van der Waals surface area contributed by atoms with Crippen LogP contribution in [0.5, 0.6) is 0 Å². The Kier molecular flexibility index (Phi) is 5.27. The molecule has 0 aliphatic carbocycles. The molecule has 0 unspecified atom stereocenters. The molecule has 0 saturated heterocycles. The van der Waals surface area contributed by atoms with Crippen molar-refractivity contribution in [2.75, 3.05) is 0 Å². The van der Waals surface area contributed by atoms with E-state index in [1.165, 1.54) is 10.2 Å². The molecule has 0 saturated carbocycles. The van der Waals surface area contributed by atoms with Crippen molar-refractivity contribution in [1.29, 1.82) is 0 Å². The van der Waals surface area contributed by atoms with Crippen molar-refractivity contribution in [1.82, 2.24) is 15.1 Å². The molecule has 6 heteroatoms. The van der Waals surface area contributed by atoms with Crippen LogP contribution in [-0.4, -0.2) is 15.7 Å². The van der Waals surface area contributed by atoms with Crippen molar-refractivity contribution in [3.63, 3.8) is 0 Å². The Labute approximate surface area is 172 Å². The lowest BCUT2D eigenvalue weighted by molar-refractivity contribution is 0.0938. The molecule has 0 bridgehead atoms. The normalized spacial score (nSPS) is 12.1. The Hall–Kier alpha value is -3.25. The van der Waals surface area contributed by atoms with Crippen molar-refractivity contribution < 1.29 is 4.79 Å². The quantitative estimate of drug-likeness (QED) is 0.546. The number of nitrogens with zero attached hydrogens (tertiary/aromatic N) is 2. The predicted molar refractivity (Wildman–Crippen MR) is 116 cm³/mol. The second kappa shape index (κ2) is 8.01. The summed E-state index contributed by atoms with van der Waals surface area (Å²) in [4.78, 5) is 26.6. The van der Waals surface area contributed by atoms with E-state index in [4.69, 9.17) is 0 Å². The van der Waals surface area contributed by atoms with Crippen LogP contribution >= 0.6 is 11.3 Å². The third kappa shape index (κ3) is 3.71. The van der Waals surface area contributed by atoms with Crippen LogP contribution in [0.2, 0.25) is 0 Å². The minimum Gasteiger partial charge on any atom is -0.339 e. The zero-order valence-electron chi connectivity index (χ0n) is 16.3. The van der Waals surface area contributed by atoms with E-state index >= 15 is 0 Å². The molecule has 2 heterocycles. The average Bonchev–Trinajstić information content (AvgIpc) is 3.29. The van der Waals surface area contributed by atoms with Crippen LogP contribution < -0.4 is 10.9 Å². The summed E-state index contributed by atoms with van der Waals surface area (Å²) in [7, 11) is 1.56. The second-order valence-electron chi connectivity index (χ2n) is 6.84. The Morgan fingerprint density at radius 1 is 1.07 bits per heavy atom. The maximum absolute atomic E-state index is 13.2. The van der Waals surface area contributed by atoms with Crippen LogP contribution in [0, 0.1) is 0 Å². The number of fused-ring (bicyclic) bond motifs is 1. The van der Waals surface area contributed by atoms with E-state index in [1.807, 2.05) is 17.5 Å². The molecule has 1 atom stereocenters. The fourth-order valence-corrected chi connectivity index (χ4v) is 4.19. The number of carbonyl (C=O) groups excluding carboxylic acids is 1. The first-order valence-corrected chi connectivity index (χ1v) is 10.4. The highest BCUT2D eigenvalue weighted by Crippen LogP contribution is 2.27. The van der Waals surface area contributed by atoms with Crippen LogP contribution in [0.1, 0.15) is 39.5 Å². The zero-order valence-corrected chi connectivity index (χ0v) is 17.1. The zero-order chi connectivity index (χ0) is 20.4. The van der Waals surface area contributed by atoms with Crippen LogP contribution in [0.15, 0.2) is 70.8 Å². The molecule has 29 heavy (non-hydrogen) atoms. The van der Waals surface area contributed by atoms with Crippen LogP contribution in [0.3, 0.4) is 0 Å². The predicted octanol–water partition coefficient (Wildman–Crippen LogP) is 4.08. The van der Waals surface area contributed by atoms with E-state index < -0.39 is 0 Å². The van der Waals surface area contributed by atoms with Crippen molar-refractivity contribution in [2.45, 2.75) is 19.4 Å². The number of hydrogen-bond acceptors (Lipinski definition) is 4. The minimum absolute atomic E-state index is 0.220. The highest BCUT2D eigenvalue weighted by Gasteiger charge is 2.22. The maximum Gasteiger partial charge on any atom is 0.274 e. The first-order valence-electron chi connectivity index (χ1n) is 9.47. The number of aromatic nitrogens is 2. The van der Waals surface area contributed by atoms with Gasteiger partial charge >= 0.3 is 0 Å². The van der Waals surface area contributed by atoms with Crippen LogP contribution in [0.25, 0.3) is 10.8 Å². The van der Waals surface area contributed by atoms with Crippen molar-refractivity contribution in [2.24, 2.45) is 7.05 Å². The Bertz CT molecular complexity index is 1210. The number of nitrogens with one attached hydrogen (secondary N) is 1. The molecule has 2 aromatic heterocycles. The van der Waals surface area contributed by atoms with Gasteiger partial charge in [-0.05, 0) is 35.1 Å². The fraction of sp³-hybridized carbons (Fsp3) is 0.174. The summed E-state index contributed by atoms with van der Waals surface area (Å²) in [5.41, 5.74) is 2.28. The molecule has 4 aromatic rings. The maximum atomic E-state index is 13.2. The van der Waals surface area contributed by atoms with Gasteiger partial charge in [0.1, 0.15) is 0 Å². The Balaban J connectivity index is 1.75. The van der Waals surface area contributed by atoms with E-state index in [9.17, 15) is 9.59 Å². The highest BCUT2D eigenvalue weighted by atomic mass is 32.1. The van der Waals surface area contributed by atoms with E-state index in [1.54, 1.807) is 42.6 Å². The summed E-state index contributed by atoms with van der Waals surface area (Å²) >= 11 is 1.59. The smallest absolute Gasteiger partial charge is 0.274 e. The Morgan fingerprint density at radius 2 is 1.79 bits per heavy atom. The van der Waals surface area contributed by atoms with Gasteiger partial charge in [0.25, 0.3) is 11.5 Å². The highest BCUT2D eigenvalue weighted by molar-refractivity contribution is 7.10. The molecule has 1 N–H and O–H groups in total. The van der Waals surface area contributed by atoms with Gasteiger partial charge in [0.05, 0.1) is 11.4 Å². The van der Waals surface area contributed by atoms with Gasteiger partial charge in [0, 0.05) is 17.3 Å². The summed E-state index contributed by atoms with van der Waals surface area (Å²) in [5.74, 6) is -0.310. The molecule has 0 aliphatic rings. The van der Waals surface area contributed by atoms with E-state index in [2.05, 4.69) is 41.6 Å². The van der Waals surface area contributed by atoms with Crippen LogP contribution in [0.4, 0.5) is 0 Å². The lowest BCUT2D eigenvalue weighted by Crippen LogP contribution is -2.32. The summed E-state index contributed by atoms with van der Waals surface area (Å²) < 4.78 is 1.22. The Morgan fingerprint density at radius 3 is 2.45 bits per heavy atom. The topological polar surface area (TPSA) is 64.0 Å². The molecule has 4 rings (SSSR count). The van der Waals surface area contributed by atoms with E-state index in [-0.39, 0.29) is 23.2 Å². The number of amides is 1. The SMILES string of the molecule is CCc1ccc([C@H](NC(=O)c2nn(C)c(=O)c3ccccc23)c2cccs2)cc1. The first-order chi connectivity index (χ1) is 14.1. The number of aryl methyl sites for hydroxylation is 2. The number of rotatable bonds is 5. The van der Waals surface area contributed by atoms with Gasteiger partial charge in [-0.15, -0.1) is 11.3 Å². The number of hydrogen-bond donors (Lipinski definition) is 1. The first kappa shape index (κ1) is 19.1. The third-order valence-corrected chi connectivity index (χ3v) is 5.93. The van der Waals surface area contributed by atoms with Crippen molar-refractivity contribution in [3.05, 3.63) is 98.1 Å². The molecular weight excluding hydrogens is 382 g/mol. The molecule has 0 fully saturated rings. The molecular formula is C23H21N3O2S. The number of carbonyl (C=O) groups is 1. The van der Waals surface area contributed by atoms with E-state index in [0.717, 1.165) is 16.9 Å². The number of benzene rings is 2. The van der Waals surface area contributed by atoms with Crippen molar-refractivity contribution >= 4 is 28.0 Å². The molecule has 0 aliphatic heterocycles. The number of thiophene rings is 1. The molecule has 146 valence electrons. The molecule has 0 radical (unpaired) electrons. The van der Waals surface area contributed by atoms with Gasteiger partial charge in [-0.1, -0.05) is 55.5 Å².